The lowest BCUT2D eigenvalue weighted by atomic mass is 9.95. The molecule has 33 heavy (non-hydrogen) atoms. The normalized spacial score (nSPS) is 21.3. The molecule has 178 valence electrons. The molecule has 0 saturated carbocycles. The zero-order chi connectivity index (χ0) is 22.6. The third-order valence-electron chi connectivity index (χ3n) is 6.48. The van der Waals surface area contributed by atoms with Crippen LogP contribution in [0.15, 0.2) is 30.3 Å². The minimum Gasteiger partial charge on any atom is -0.394 e. The summed E-state index contributed by atoms with van der Waals surface area (Å²) in [6.45, 7) is 1.81. The first-order valence-electron chi connectivity index (χ1n) is 10.4. The summed E-state index contributed by atoms with van der Waals surface area (Å²) in [6.07, 6.45) is -3.03. The number of H-pyrrole nitrogens is 1. The van der Waals surface area contributed by atoms with E-state index in [0.717, 1.165) is 36.0 Å². The van der Waals surface area contributed by atoms with Crippen molar-refractivity contribution in [2.75, 3.05) is 31.1 Å². The quantitative estimate of drug-likeness (QED) is 0.479. The second-order valence-corrected chi connectivity index (χ2v) is 9.12. The highest BCUT2D eigenvalue weighted by Crippen LogP contribution is 2.39. The summed E-state index contributed by atoms with van der Waals surface area (Å²) in [5.41, 5.74) is 2.07. The Balaban J connectivity index is 0.00000259. The van der Waals surface area contributed by atoms with Crippen molar-refractivity contribution in [3.05, 3.63) is 57.3 Å². The van der Waals surface area contributed by atoms with Gasteiger partial charge in [-0.3, -0.25) is 4.90 Å². The van der Waals surface area contributed by atoms with Crippen molar-refractivity contribution < 1.29 is 18.3 Å². The molecule has 5 nitrogen and oxygen atoms in total. The molecule has 0 bridgehead atoms. The molecule has 1 fully saturated rings. The molecule has 2 atom stereocenters. The molecule has 0 radical (unpaired) electrons. The maximum absolute atomic E-state index is 13.2. The van der Waals surface area contributed by atoms with E-state index >= 15 is 0 Å². The lowest BCUT2D eigenvalue weighted by molar-refractivity contribution is -0.141. The third-order valence-corrected chi connectivity index (χ3v) is 7.02. The molecule has 5 rings (SSSR count). The standard InChI is InChI=1S/C22H21Cl2F3N4O.ClH/c23-12-1-3-17-15(9-12)14-6-8-31(18(11-32)20(14)28-17)13-5-7-30(10-13)19-4-2-16(24)21(29-19)22(25,26)27;/h1-4,9,13,18,28,32H,5-8,10-11H2;1H. The van der Waals surface area contributed by atoms with Crippen molar-refractivity contribution in [1.29, 1.82) is 0 Å². The molecule has 2 N–H and O–H groups in total. The van der Waals surface area contributed by atoms with Gasteiger partial charge < -0.3 is 15.0 Å². The molecule has 3 aromatic rings. The lowest BCUT2D eigenvalue weighted by Crippen LogP contribution is -2.45. The van der Waals surface area contributed by atoms with E-state index in [1.54, 1.807) is 0 Å². The minimum absolute atomic E-state index is 0. The summed E-state index contributed by atoms with van der Waals surface area (Å²) >= 11 is 11.9. The molecular formula is C22H22Cl3F3N4O. The SMILES string of the molecule is Cl.OCC1c2[nH]c3ccc(Cl)cc3c2CCN1C1CCN(c2ccc(Cl)c(C(F)(F)F)n2)C1. The number of aliphatic hydroxyl groups is 1. The number of alkyl halides is 3. The van der Waals surface area contributed by atoms with Crippen LogP contribution in [0.2, 0.25) is 10.0 Å². The predicted molar refractivity (Wildman–Crippen MR) is 126 cm³/mol. The first kappa shape index (κ1) is 24.4. The van der Waals surface area contributed by atoms with Crippen LogP contribution in [0, 0.1) is 0 Å². The highest BCUT2D eigenvalue weighted by atomic mass is 35.5. The van der Waals surface area contributed by atoms with Crippen molar-refractivity contribution in [2.45, 2.75) is 31.1 Å². The Morgan fingerprint density at radius 1 is 1.15 bits per heavy atom. The zero-order valence-electron chi connectivity index (χ0n) is 17.4. The Hall–Kier alpha value is -1.71. The van der Waals surface area contributed by atoms with Gasteiger partial charge in [-0.2, -0.15) is 13.2 Å². The number of halogens is 6. The third kappa shape index (κ3) is 4.39. The molecule has 0 spiro atoms. The molecule has 4 heterocycles. The minimum atomic E-state index is -4.60. The van der Waals surface area contributed by atoms with Gasteiger partial charge in [0.05, 0.1) is 17.7 Å². The van der Waals surface area contributed by atoms with Gasteiger partial charge in [0.25, 0.3) is 0 Å². The van der Waals surface area contributed by atoms with E-state index in [0.29, 0.717) is 18.1 Å². The van der Waals surface area contributed by atoms with Crippen LogP contribution in [-0.4, -0.2) is 52.3 Å². The number of pyridine rings is 1. The van der Waals surface area contributed by atoms with Crippen molar-refractivity contribution >= 4 is 52.3 Å². The average Bonchev–Trinajstić information content (AvgIpc) is 3.37. The summed E-state index contributed by atoms with van der Waals surface area (Å²) in [7, 11) is 0. The first-order chi connectivity index (χ1) is 15.3. The predicted octanol–water partition coefficient (Wildman–Crippen LogP) is 5.48. The van der Waals surface area contributed by atoms with Crippen LogP contribution in [0.1, 0.15) is 29.4 Å². The van der Waals surface area contributed by atoms with Crippen LogP contribution < -0.4 is 4.90 Å². The lowest BCUT2D eigenvalue weighted by Gasteiger charge is -2.39. The number of hydrogen-bond donors (Lipinski definition) is 2. The Morgan fingerprint density at radius 3 is 2.67 bits per heavy atom. The summed E-state index contributed by atoms with van der Waals surface area (Å²) in [5, 5.41) is 11.6. The number of aromatic amines is 1. The number of aromatic nitrogens is 2. The molecule has 2 aliphatic rings. The number of rotatable bonds is 3. The maximum atomic E-state index is 13.2. The highest BCUT2D eigenvalue weighted by Gasteiger charge is 2.39. The smallest absolute Gasteiger partial charge is 0.394 e. The van der Waals surface area contributed by atoms with Crippen LogP contribution in [0.3, 0.4) is 0 Å². The molecule has 11 heteroatoms. The average molecular weight is 522 g/mol. The van der Waals surface area contributed by atoms with E-state index in [-0.39, 0.29) is 36.9 Å². The fourth-order valence-corrected chi connectivity index (χ4v) is 5.40. The topological polar surface area (TPSA) is 55.4 Å². The Morgan fingerprint density at radius 2 is 1.94 bits per heavy atom. The van der Waals surface area contributed by atoms with Gasteiger partial charge in [-0.25, -0.2) is 4.98 Å². The van der Waals surface area contributed by atoms with Crippen LogP contribution in [0.25, 0.3) is 10.9 Å². The number of nitrogens with zero attached hydrogens (tertiary/aromatic N) is 3. The highest BCUT2D eigenvalue weighted by molar-refractivity contribution is 6.31. The Kier molecular flexibility index (Phi) is 6.77. The Bertz CT molecular complexity index is 1170. The van der Waals surface area contributed by atoms with Crippen molar-refractivity contribution in [3.8, 4) is 0 Å². The Labute approximate surface area is 204 Å². The molecule has 0 amide bonds. The first-order valence-corrected chi connectivity index (χ1v) is 11.2. The van der Waals surface area contributed by atoms with Gasteiger partial charge in [0.1, 0.15) is 5.82 Å². The van der Waals surface area contributed by atoms with Gasteiger partial charge in [0, 0.05) is 47.3 Å². The molecular weight excluding hydrogens is 500 g/mol. The maximum Gasteiger partial charge on any atom is 0.434 e. The number of aliphatic hydroxyl groups excluding tert-OH is 1. The molecule has 2 unspecified atom stereocenters. The molecule has 1 saturated heterocycles. The molecule has 0 aliphatic carbocycles. The van der Waals surface area contributed by atoms with E-state index in [1.165, 1.54) is 17.7 Å². The fourth-order valence-electron chi connectivity index (χ4n) is 5.02. The molecule has 2 aliphatic heterocycles. The summed E-state index contributed by atoms with van der Waals surface area (Å²) in [4.78, 5) is 11.3. The summed E-state index contributed by atoms with van der Waals surface area (Å²) < 4.78 is 39.7. The van der Waals surface area contributed by atoms with Crippen LogP contribution in [-0.2, 0) is 12.6 Å². The van der Waals surface area contributed by atoms with E-state index in [4.69, 9.17) is 23.2 Å². The second kappa shape index (κ2) is 9.15. The van der Waals surface area contributed by atoms with Crippen LogP contribution >= 0.6 is 35.6 Å². The second-order valence-electron chi connectivity index (χ2n) is 8.28. The largest absolute Gasteiger partial charge is 0.434 e. The summed E-state index contributed by atoms with van der Waals surface area (Å²) in [6, 6.07) is 8.37. The number of hydrogen-bond acceptors (Lipinski definition) is 4. The van der Waals surface area contributed by atoms with E-state index in [9.17, 15) is 18.3 Å². The number of fused-ring (bicyclic) bond motifs is 3. The zero-order valence-corrected chi connectivity index (χ0v) is 19.7. The van der Waals surface area contributed by atoms with Crippen molar-refractivity contribution in [2.24, 2.45) is 0 Å². The van der Waals surface area contributed by atoms with Crippen LogP contribution in [0.4, 0.5) is 19.0 Å². The van der Waals surface area contributed by atoms with Gasteiger partial charge in [-0.1, -0.05) is 23.2 Å². The van der Waals surface area contributed by atoms with Crippen molar-refractivity contribution in [3.63, 3.8) is 0 Å². The van der Waals surface area contributed by atoms with Gasteiger partial charge >= 0.3 is 6.18 Å². The number of nitrogens with one attached hydrogen (secondary N) is 1. The van der Waals surface area contributed by atoms with Gasteiger partial charge in [-0.05, 0) is 48.7 Å². The van der Waals surface area contributed by atoms with Gasteiger partial charge in [0.2, 0.25) is 0 Å². The van der Waals surface area contributed by atoms with Gasteiger partial charge in [-0.15, -0.1) is 12.4 Å². The number of benzene rings is 1. The molecule has 2 aromatic heterocycles. The van der Waals surface area contributed by atoms with E-state index in [2.05, 4.69) is 14.9 Å². The van der Waals surface area contributed by atoms with Gasteiger partial charge in [0.15, 0.2) is 5.69 Å². The van der Waals surface area contributed by atoms with E-state index < -0.39 is 16.9 Å². The van der Waals surface area contributed by atoms with Crippen molar-refractivity contribution in [1.82, 2.24) is 14.9 Å². The van der Waals surface area contributed by atoms with E-state index in [1.807, 2.05) is 23.1 Å². The number of anilines is 1. The van der Waals surface area contributed by atoms with Crippen LogP contribution in [0.5, 0.6) is 0 Å². The molecule has 1 aromatic carbocycles. The monoisotopic (exact) mass is 520 g/mol. The fraction of sp³-hybridized carbons (Fsp3) is 0.409. The summed E-state index contributed by atoms with van der Waals surface area (Å²) in [5.74, 6) is 0.266.